The van der Waals surface area contributed by atoms with Crippen LogP contribution in [-0.4, -0.2) is 11.7 Å². The van der Waals surface area contributed by atoms with Crippen LogP contribution in [0.1, 0.15) is 5.56 Å². The number of hydrogen-bond acceptors (Lipinski definition) is 2. The Hall–Kier alpha value is -1.85. The Balaban J connectivity index is 0.000000364. The highest BCUT2D eigenvalue weighted by Gasteiger charge is 1.79. The second-order valence-corrected chi connectivity index (χ2v) is 2.33. The average molecular weight is 187 g/mol. The van der Waals surface area contributed by atoms with Crippen LogP contribution in [0.3, 0.4) is 0 Å². The van der Waals surface area contributed by atoms with Gasteiger partial charge < -0.3 is 5.11 Å². The SMILES string of the molecule is C=CC#N.OC/C=C/c1ccccc1. The molecule has 1 N–H and O–H groups in total. The van der Waals surface area contributed by atoms with Gasteiger partial charge in [-0.05, 0) is 5.56 Å². The Bertz CT molecular complexity index is 309. The van der Waals surface area contributed by atoms with Gasteiger partial charge in [-0.25, -0.2) is 0 Å². The molecule has 0 bridgehead atoms. The number of nitrogens with zero attached hydrogens (tertiary/aromatic N) is 1. The van der Waals surface area contributed by atoms with Gasteiger partial charge in [0.1, 0.15) is 0 Å². The van der Waals surface area contributed by atoms with Crippen molar-refractivity contribution in [1.82, 2.24) is 0 Å². The van der Waals surface area contributed by atoms with Crippen LogP contribution < -0.4 is 0 Å². The topological polar surface area (TPSA) is 44.0 Å². The van der Waals surface area contributed by atoms with Crippen LogP contribution in [0.25, 0.3) is 6.08 Å². The molecular formula is C12H13NO. The molecule has 1 aromatic carbocycles. The molecule has 0 aliphatic carbocycles. The van der Waals surface area contributed by atoms with Crippen molar-refractivity contribution in [2.24, 2.45) is 0 Å². The van der Waals surface area contributed by atoms with Gasteiger partial charge in [-0.3, -0.25) is 0 Å². The van der Waals surface area contributed by atoms with E-state index in [-0.39, 0.29) is 6.61 Å². The van der Waals surface area contributed by atoms with E-state index in [1.165, 1.54) is 6.08 Å². The van der Waals surface area contributed by atoms with E-state index in [2.05, 4.69) is 6.58 Å². The van der Waals surface area contributed by atoms with Crippen LogP contribution in [0.2, 0.25) is 0 Å². The Morgan fingerprint density at radius 2 is 1.93 bits per heavy atom. The molecule has 0 spiro atoms. The Labute approximate surface area is 84.4 Å². The number of nitriles is 1. The normalized spacial score (nSPS) is 8.57. The zero-order chi connectivity index (χ0) is 10.6. The maximum absolute atomic E-state index is 8.44. The lowest BCUT2D eigenvalue weighted by molar-refractivity contribution is 0.343. The molecule has 0 saturated heterocycles. The largest absolute Gasteiger partial charge is 0.392 e. The predicted molar refractivity (Wildman–Crippen MR) is 58.4 cm³/mol. The van der Waals surface area contributed by atoms with E-state index in [1.807, 2.05) is 36.4 Å². The number of rotatable bonds is 2. The van der Waals surface area contributed by atoms with E-state index < -0.39 is 0 Å². The van der Waals surface area contributed by atoms with Crippen LogP contribution in [0.5, 0.6) is 0 Å². The van der Waals surface area contributed by atoms with E-state index in [1.54, 1.807) is 12.1 Å². The molecule has 0 saturated carbocycles. The number of aliphatic hydroxyl groups excluding tert-OH is 1. The molecule has 0 atom stereocenters. The van der Waals surface area contributed by atoms with E-state index in [9.17, 15) is 0 Å². The minimum absolute atomic E-state index is 0.106. The highest BCUT2D eigenvalue weighted by atomic mass is 16.2. The van der Waals surface area contributed by atoms with Crippen molar-refractivity contribution in [2.45, 2.75) is 0 Å². The molecule has 72 valence electrons. The van der Waals surface area contributed by atoms with E-state index >= 15 is 0 Å². The van der Waals surface area contributed by atoms with Crippen LogP contribution in [0.15, 0.2) is 49.1 Å². The molecule has 0 amide bonds. The molecular weight excluding hydrogens is 174 g/mol. The molecule has 0 unspecified atom stereocenters. The lowest BCUT2D eigenvalue weighted by Gasteiger charge is -1.88. The first kappa shape index (κ1) is 12.2. The molecule has 0 aromatic heterocycles. The first-order valence-electron chi connectivity index (χ1n) is 4.18. The number of aliphatic hydroxyl groups is 1. The highest BCUT2D eigenvalue weighted by Crippen LogP contribution is 1.99. The summed E-state index contributed by atoms with van der Waals surface area (Å²) in [5.74, 6) is 0. The van der Waals surface area contributed by atoms with E-state index in [0.717, 1.165) is 5.56 Å². The van der Waals surface area contributed by atoms with Crippen molar-refractivity contribution < 1.29 is 5.11 Å². The van der Waals surface area contributed by atoms with Crippen molar-refractivity contribution in [3.8, 4) is 6.07 Å². The summed E-state index contributed by atoms with van der Waals surface area (Å²) in [5.41, 5.74) is 1.12. The van der Waals surface area contributed by atoms with Gasteiger partial charge in [0.2, 0.25) is 0 Å². The van der Waals surface area contributed by atoms with Crippen molar-refractivity contribution >= 4 is 6.08 Å². The molecule has 0 aliphatic rings. The van der Waals surface area contributed by atoms with Gasteiger partial charge in [0.05, 0.1) is 12.7 Å². The summed E-state index contributed by atoms with van der Waals surface area (Å²) >= 11 is 0. The lowest BCUT2D eigenvalue weighted by atomic mass is 10.2. The van der Waals surface area contributed by atoms with Crippen molar-refractivity contribution in [2.75, 3.05) is 6.61 Å². The molecule has 14 heavy (non-hydrogen) atoms. The predicted octanol–water partition coefficient (Wildman–Crippen LogP) is 2.39. The summed E-state index contributed by atoms with van der Waals surface area (Å²) in [7, 11) is 0. The number of hydrogen-bond donors (Lipinski definition) is 1. The van der Waals surface area contributed by atoms with Crippen LogP contribution in [0, 0.1) is 11.3 Å². The Kier molecular flexibility index (Phi) is 8.02. The van der Waals surface area contributed by atoms with Crippen molar-refractivity contribution in [1.29, 1.82) is 5.26 Å². The number of benzene rings is 1. The molecule has 0 aliphatic heterocycles. The van der Waals surface area contributed by atoms with Crippen molar-refractivity contribution in [3.63, 3.8) is 0 Å². The van der Waals surface area contributed by atoms with Gasteiger partial charge in [-0.15, -0.1) is 0 Å². The summed E-state index contributed by atoms with van der Waals surface area (Å²) in [5, 5.41) is 15.9. The summed E-state index contributed by atoms with van der Waals surface area (Å²) < 4.78 is 0. The highest BCUT2D eigenvalue weighted by molar-refractivity contribution is 5.48. The molecule has 2 heteroatoms. The fraction of sp³-hybridized carbons (Fsp3) is 0.0833. The quantitative estimate of drug-likeness (QED) is 0.722. The summed E-state index contributed by atoms with van der Waals surface area (Å²) in [6.45, 7) is 3.22. The molecule has 0 heterocycles. The summed E-state index contributed by atoms with van der Waals surface area (Å²) in [6.07, 6.45) is 4.79. The third kappa shape index (κ3) is 6.84. The number of allylic oxidation sites excluding steroid dienone is 1. The molecule has 1 aromatic rings. The van der Waals surface area contributed by atoms with Gasteiger partial charge in [-0.1, -0.05) is 49.1 Å². The lowest BCUT2D eigenvalue weighted by Crippen LogP contribution is -1.72. The second-order valence-electron chi connectivity index (χ2n) is 2.33. The smallest absolute Gasteiger partial charge is 0.0905 e. The fourth-order valence-electron chi connectivity index (χ4n) is 0.753. The van der Waals surface area contributed by atoms with Crippen LogP contribution in [-0.2, 0) is 0 Å². The maximum atomic E-state index is 8.44. The minimum atomic E-state index is 0.106. The van der Waals surface area contributed by atoms with Gasteiger partial charge >= 0.3 is 0 Å². The maximum Gasteiger partial charge on any atom is 0.0905 e. The molecule has 2 nitrogen and oxygen atoms in total. The van der Waals surface area contributed by atoms with E-state index in [0.29, 0.717) is 0 Å². The molecule has 1 rings (SSSR count). The third-order valence-corrected chi connectivity index (χ3v) is 1.31. The third-order valence-electron chi connectivity index (χ3n) is 1.31. The first-order valence-corrected chi connectivity index (χ1v) is 4.18. The van der Waals surface area contributed by atoms with Crippen molar-refractivity contribution in [3.05, 3.63) is 54.6 Å². The average Bonchev–Trinajstić information content (AvgIpc) is 2.28. The van der Waals surface area contributed by atoms with E-state index in [4.69, 9.17) is 10.4 Å². The fourth-order valence-corrected chi connectivity index (χ4v) is 0.753. The minimum Gasteiger partial charge on any atom is -0.392 e. The zero-order valence-electron chi connectivity index (χ0n) is 7.93. The van der Waals surface area contributed by atoms with Gasteiger partial charge in [0.25, 0.3) is 0 Å². The molecule has 0 radical (unpaired) electrons. The Morgan fingerprint density at radius 3 is 2.36 bits per heavy atom. The Morgan fingerprint density at radius 1 is 1.36 bits per heavy atom. The van der Waals surface area contributed by atoms with Gasteiger partial charge in [0, 0.05) is 6.08 Å². The summed E-state index contributed by atoms with van der Waals surface area (Å²) in [4.78, 5) is 0. The monoisotopic (exact) mass is 187 g/mol. The standard InChI is InChI=1S/C9H10O.C3H3N/c10-8-4-7-9-5-2-1-3-6-9;1-2-3-4/h1-7,10H,8H2;2H,1H2/b7-4+;. The second kappa shape index (κ2) is 9.24. The van der Waals surface area contributed by atoms with Crippen LogP contribution in [0.4, 0.5) is 0 Å². The van der Waals surface area contributed by atoms with Crippen LogP contribution >= 0.6 is 0 Å². The first-order chi connectivity index (χ1) is 6.85. The zero-order valence-corrected chi connectivity index (χ0v) is 7.93. The van der Waals surface area contributed by atoms with Gasteiger partial charge in [-0.2, -0.15) is 5.26 Å². The van der Waals surface area contributed by atoms with Gasteiger partial charge in [0.15, 0.2) is 0 Å². The molecule has 0 fully saturated rings. The summed E-state index contributed by atoms with van der Waals surface area (Å²) in [6, 6.07) is 11.6.